The van der Waals surface area contributed by atoms with Gasteiger partial charge >= 0.3 is 5.97 Å². The van der Waals surface area contributed by atoms with Gasteiger partial charge in [0.25, 0.3) is 5.91 Å². The second kappa shape index (κ2) is 14.6. The predicted molar refractivity (Wildman–Crippen MR) is 173 cm³/mol. The van der Waals surface area contributed by atoms with Crippen LogP contribution in [0.15, 0.2) is 53.7 Å². The Hall–Kier alpha value is -4.36. The monoisotopic (exact) mass is 649 g/mol. The number of thioether (sulfide) groups is 1. The average molecular weight is 650 g/mol. The number of anilines is 1. The molecular weight excluding hydrogens is 615 g/mol. The van der Waals surface area contributed by atoms with Gasteiger partial charge in [0.15, 0.2) is 11.0 Å². The summed E-state index contributed by atoms with van der Waals surface area (Å²) in [6.45, 7) is 3.85. The molecule has 2 aromatic heterocycles. The Morgan fingerprint density at radius 2 is 1.84 bits per heavy atom. The number of carbonyl (C=O) groups is 3. The van der Waals surface area contributed by atoms with Gasteiger partial charge in [-0.05, 0) is 75.4 Å². The summed E-state index contributed by atoms with van der Waals surface area (Å²) in [6.07, 6.45) is 3.72. The van der Waals surface area contributed by atoms with E-state index in [1.807, 2.05) is 24.3 Å². The number of nitrogens with zero attached hydrogens (tertiary/aromatic N) is 3. The zero-order valence-electron chi connectivity index (χ0n) is 25.5. The van der Waals surface area contributed by atoms with Crippen molar-refractivity contribution in [3.05, 3.63) is 75.9 Å². The standard InChI is InChI=1S/C32H35N5O6S2/c1-5-43-31(40)27-22-13-6-9-16-25(22)45-30(27)34-28(38)19(2)44-32-36-35-26(37(32)23-14-7-8-15-24(23)42-4)18-33-29(39)20-11-10-12-21(17-20)41-3/h7-8,10-12,14-15,17,19H,5-6,9,13,16,18H2,1-4H3,(H,33,39)(H,34,38). The van der Waals surface area contributed by atoms with Crippen LogP contribution in [-0.2, 0) is 28.9 Å². The quantitative estimate of drug-likeness (QED) is 0.152. The second-order valence-electron chi connectivity index (χ2n) is 10.2. The van der Waals surface area contributed by atoms with Crippen molar-refractivity contribution in [1.29, 1.82) is 0 Å². The summed E-state index contributed by atoms with van der Waals surface area (Å²) in [5.41, 5.74) is 2.54. The van der Waals surface area contributed by atoms with Crippen molar-refractivity contribution in [3.8, 4) is 17.2 Å². The molecule has 1 unspecified atom stereocenters. The summed E-state index contributed by atoms with van der Waals surface area (Å²) in [5, 5.41) is 15.0. The molecule has 2 amide bonds. The molecule has 13 heteroatoms. The number of fused-ring (bicyclic) bond motifs is 1. The van der Waals surface area contributed by atoms with Crippen LogP contribution in [0, 0.1) is 0 Å². The molecule has 2 heterocycles. The third-order valence-corrected chi connectivity index (χ3v) is 9.55. The average Bonchev–Trinajstić information content (AvgIpc) is 3.63. The summed E-state index contributed by atoms with van der Waals surface area (Å²) in [4.78, 5) is 40.5. The van der Waals surface area contributed by atoms with Gasteiger partial charge < -0.3 is 24.8 Å². The van der Waals surface area contributed by atoms with Crippen molar-refractivity contribution in [2.75, 3.05) is 26.1 Å². The highest BCUT2D eigenvalue weighted by Gasteiger charge is 2.29. The molecule has 2 N–H and O–H groups in total. The third kappa shape index (κ3) is 7.15. The van der Waals surface area contributed by atoms with Crippen LogP contribution in [-0.4, -0.2) is 58.6 Å². The lowest BCUT2D eigenvalue weighted by Gasteiger charge is -2.16. The van der Waals surface area contributed by atoms with Gasteiger partial charge in [0.05, 0.1) is 43.9 Å². The molecule has 11 nitrogen and oxygen atoms in total. The van der Waals surface area contributed by atoms with Gasteiger partial charge in [-0.1, -0.05) is 30.0 Å². The highest BCUT2D eigenvalue weighted by Crippen LogP contribution is 2.39. The highest BCUT2D eigenvalue weighted by molar-refractivity contribution is 8.00. The number of aromatic nitrogens is 3. The molecule has 0 aliphatic heterocycles. The van der Waals surface area contributed by atoms with Crippen LogP contribution in [0.25, 0.3) is 5.69 Å². The molecule has 236 valence electrons. The molecule has 1 aliphatic carbocycles. The molecule has 0 fully saturated rings. The number of aryl methyl sites for hydroxylation is 1. The Morgan fingerprint density at radius 3 is 2.62 bits per heavy atom. The van der Waals surface area contributed by atoms with Gasteiger partial charge in [-0.25, -0.2) is 4.79 Å². The minimum Gasteiger partial charge on any atom is -0.497 e. The van der Waals surface area contributed by atoms with Crippen LogP contribution < -0.4 is 20.1 Å². The fraction of sp³-hybridized carbons (Fsp3) is 0.344. The molecule has 1 atom stereocenters. The van der Waals surface area contributed by atoms with E-state index in [0.29, 0.717) is 44.3 Å². The first kappa shape index (κ1) is 32.0. The maximum absolute atomic E-state index is 13.5. The van der Waals surface area contributed by atoms with Crippen LogP contribution >= 0.6 is 23.1 Å². The van der Waals surface area contributed by atoms with Crippen LogP contribution in [0.5, 0.6) is 11.5 Å². The van der Waals surface area contributed by atoms with Gasteiger partial charge in [-0.2, -0.15) is 0 Å². The summed E-state index contributed by atoms with van der Waals surface area (Å²) in [6, 6.07) is 14.2. The first-order valence-electron chi connectivity index (χ1n) is 14.6. The van der Waals surface area contributed by atoms with Crippen molar-refractivity contribution in [2.45, 2.75) is 56.5 Å². The van der Waals surface area contributed by atoms with E-state index in [2.05, 4.69) is 20.8 Å². The van der Waals surface area contributed by atoms with E-state index in [1.54, 1.807) is 56.9 Å². The lowest BCUT2D eigenvalue weighted by molar-refractivity contribution is -0.115. The van der Waals surface area contributed by atoms with Crippen molar-refractivity contribution in [3.63, 3.8) is 0 Å². The van der Waals surface area contributed by atoms with E-state index in [1.165, 1.54) is 23.1 Å². The van der Waals surface area contributed by atoms with Crippen LogP contribution in [0.2, 0.25) is 0 Å². The number of methoxy groups -OCH3 is 2. The summed E-state index contributed by atoms with van der Waals surface area (Å²) >= 11 is 2.66. The topological polar surface area (TPSA) is 134 Å². The number of hydrogen-bond donors (Lipinski definition) is 2. The van der Waals surface area contributed by atoms with Crippen LogP contribution in [0.1, 0.15) is 63.7 Å². The summed E-state index contributed by atoms with van der Waals surface area (Å²) in [5.74, 6) is 0.585. The molecule has 2 aromatic carbocycles. The van der Waals surface area contributed by atoms with Crippen LogP contribution in [0.4, 0.5) is 5.00 Å². The molecule has 5 rings (SSSR count). The first-order chi connectivity index (χ1) is 21.8. The summed E-state index contributed by atoms with van der Waals surface area (Å²) in [7, 11) is 3.11. The summed E-state index contributed by atoms with van der Waals surface area (Å²) < 4.78 is 18.0. The lowest BCUT2D eigenvalue weighted by Crippen LogP contribution is -2.25. The number of benzene rings is 2. The lowest BCUT2D eigenvalue weighted by atomic mass is 9.95. The maximum Gasteiger partial charge on any atom is 0.341 e. The Kier molecular flexibility index (Phi) is 10.4. The van der Waals surface area contributed by atoms with Crippen molar-refractivity contribution in [1.82, 2.24) is 20.1 Å². The first-order valence-corrected chi connectivity index (χ1v) is 16.3. The van der Waals surface area contributed by atoms with E-state index < -0.39 is 11.2 Å². The van der Waals surface area contributed by atoms with E-state index in [0.717, 1.165) is 36.1 Å². The van der Waals surface area contributed by atoms with Gasteiger partial charge in [0.1, 0.15) is 16.5 Å². The fourth-order valence-electron chi connectivity index (χ4n) is 5.07. The maximum atomic E-state index is 13.5. The third-order valence-electron chi connectivity index (χ3n) is 7.30. The Bertz CT molecular complexity index is 1700. The molecule has 0 saturated carbocycles. The largest absolute Gasteiger partial charge is 0.497 e. The number of ether oxygens (including phenoxy) is 3. The van der Waals surface area contributed by atoms with E-state index >= 15 is 0 Å². The number of amides is 2. The molecule has 0 saturated heterocycles. The Balaban J connectivity index is 1.39. The number of hydrogen-bond acceptors (Lipinski definition) is 10. The van der Waals surface area contributed by atoms with Gasteiger partial charge in [-0.3, -0.25) is 14.2 Å². The normalized spacial score (nSPS) is 13.0. The zero-order chi connectivity index (χ0) is 31.9. The molecule has 0 bridgehead atoms. The molecule has 1 aliphatic rings. The zero-order valence-corrected chi connectivity index (χ0v) is 27.2. The smallest absolute Gasteiger partial charge is 0.341 e. The number of rotatable bonds is 12. The molecule has 4 aromatic rings. The number of thiophene rings is 1. The molecule has 0 radical (unpaired) electrons. The molecule has 0 spiro atoms. The van der Waals surface area contributed by atoms with E-state index in [4.69, 9.17) is 14.2 Å². The minimum absolute atomic E-state index is 0.0614. The molecular formula is C32H35N5O6S2. The number of nitrogens with one attached hydrogen (secondary N) is 2. The Labute approximate surface area is 269 Å². The Morgan fingerprint density at radius 1 is 1.04 bits per heavy atom. The number of esters is 1. The van der Waals surface area contributed by atoms with Gasteiger partial charge in [0.2, 0.25) is 5.91 Å². The van der Waals surface area contributed by atoms with E-state index in [9.17, 15) is 14.4 Å². The molecule has 45 heavy (non-hydrogen) atoms. The van der Waals surface area contributed by atoms with Gasteiger partial charge in [0, 0.05) is 10.4 Å². The SMILES string of the molecule is CCOC(=O)c1c(NC(=O)C(C)Sc2nnc(CNC(=O)c3cccc(OC)c3)n2-c2ccccc2OC)sc2c1CCCC2. The highest BCUT2D eigenvalue weighted by atomic mass is 32.2. The fourth-order valence-corrected chi connectivity index (χ4v) is 7.23. The second-order valence-corrected chi connectivity index (χ2v) is 12.6. The van der Waals surface area contributed by atoms with Crippen molar-refractivity contribution >= 4 is 45.9 Å². The van der Waals surface area contributed by atoms with Crippen molar-refractivity contribution < 1.29 is 28.6 Å². The van der Waals surface area contributed by atoms with Crippen molar-refractivity contribution in [2.24, 2.45) is 0 Å². The minimum atomic E-state index is -0.615. The van der Waals surface area contributed by atoms with Gasteiger partial charge in [-0.15, -0.1) is 21.5 Å². The van der Waals surface area contributed by atoms with Crippen LogP contribution in [0.3, 0.4) is 0 Å². The number of para-hydroxylation sites is 2. The predicted octanol–water partition coefficient (Wildman–Crippen LogP) is 5.45. The number of carbonyl (C=O) groups excluding carboxylic acids is 3. The van der Waals surface area contributed by atoms with E-state index in [-0.39, 0.29) is 25.0 Å².